The molecule has 2 aliphatic heterocycles. The monoisotopic (exact) mass is 567 g/mol. The number of hydrogen-bond donors (Lipinski definition) is 2. The number of thiazole rings is 1. The number of β-lactam (4-membered cyclic amide) rings is 1. The molecule has 0 aliphatic carbocycles. The number of anilines is 1. The first-order valence-electron chi connectivity index (χ1n) is 10.7. The molecule has 1 aromatic heterocycles. The number of amides is 2. The normalized spacial score (nSPS) is 19.4. The Balaban J connectivity index is 1.75. The summed E-state index contributed by atoms with van der Waals surface area (Å²) in [7, 11) is 1.27. The van der Waals surface area contributed by atoms with E-state index < -0.39 is 47.4 Å². The van der Waals surface area contributed by atoms with Crippen LogP contribution in [0.3, 0.4) is 0 Å². The van der Waals surface area contributed by atoms with E-state index in [2.05, 4.69) is 21.4 Å². The van der Waals surface area contributed by atoms with Gasteiger partial charge in [-0.3, -0.25) is 19.3 Å². The Morgan fingerprint density at radius 2 is 2.11 bits per heavy atom. The number of nitrogens with two attached hydrogens (primary N) is 1. The van der Waals surface area contributed by atoms with Gasteiger partial charge in [-0.1, -0.05) is 11.1 Å². The van der Waals surface area contributed by atoms with Crippen LogP contribution in [0.4, 0.5) is 5.13 Å². The van der Waals surface area contributed by atoms with E-state index in [1.807, 2.05) is 0 Å². The maximum absolute atomic E-state index is 13.1. The zero-order valence-corrected chi connectivity index (χ0v) is 22.9. The lowest BCUT2D eigenvalue weighted by atomic mass is 9.98. The Hall–Kier alpha value is -3.22. The fourth-order valence-corrected chi connectivity index (χ4v) is 6.00. The van der Waals surface area contributed by atoms with Crippen molar-refractivity contribution in [3.63, 3.8) is 0 Å². The fraction of sp³-hybridized carbons (Fsp3) is 0.455. The SMILES string of the molecule is C#CCSC1=C(C(=O)OCOC(=O)C(C)(C)C)N2C(=O)[C@@H](NC(=O)/C(=N\OC)c3csc(N)n3)[C@@H]2SC1. The van der Waals surface area contributed by atoms with Crippen molar-refractivity contribution in [2.75, 3.05) is 31.1 Å². The quantitative estimate of drug-likeness (QED) is 0.110. The second kappa shape index (κ2) is 11.9. The molecule has 3 rings (SSSR count). The van der Waals surface area contributed by atoms with Crippen molar-refractivity contribution in [1.29, 1.82) is 0 Å². The molecule has 1 aromatic rings. The summed E-state index contributed by atoms with van der Waals surface area (Å²) in [5.41, 5.74) is 4.92. The van der Waals surface area contributed by atoms with E-state index in [9.17, 15) is 19.2 Å². The molecule has 2 atom stereocenters. The molecule has 0 aromatic carbocycles. The molecule has 12 nitrogen and oxygen atoms in total. The maximum Gasteiger partial charge on any atom is 0.358 e. The van der Waals surface area contributed by atoms with Gasteiger partial charge in [-0.15, -0.1) is 41.3 Å². The highest BCUT2D eigenvalue weighted by Crippen LogP contribution is 2.43. The molecule has 1 fully saturated rings. The Bertz CT molecular complexity index is 1200. The van der Waals surface area contributed by atoms with Gasteiger partial charge >= 0.3 is 11.9 Å². The van der Waals surface area contributed by atoms with Crippen LogP contribution >= 0.6 is 34.9 Å². The van der Waals surface area contributed by atoms with E-state index >= 15 is 0 Å². The van der Waals surface area contributed by atoms with Crippen LogP contribution in [0.1, 0.15) is 26.5 Å². The number of thioether (sulfide) groups is 2. The zero-order valence-electron chi connectivity index (χ0n) is 20.4. The summed E-state index contributed by atoms with van der Waals surface area (Å²) >= 11 is 3.69. The Labute approximate surface area is 225 Å². The third-order valence-electron chi connectivity index (χ3n) is 4.90. The number of nitrogen functional groups attached to an aromatic ring is 1. The molecule has 0 saturated carbocycles. The first-order chi connectivity index (χ1) is 17.5. The molecule has 3 N–H and O–H groups in total. The second-order valence-corrected chi connectivity index (χ2v) is 11.6. The number of ether oxygens (including phenoxy) is 2. The number of carbonyl (C=O) groups excluding carboxylic acids is 4. The highest BCUT2D eigenvalue weighted by Gasteiger charge is 2.55. The number of nitrogens with one attached hydrogen (secondary N) is 1. The van der Waals surface area contributed by atoms with E-state index in [4.69, 9.17) is 26.5 Å². The average molecular weight is 568 g/mol. The van der Waals surface area contributed by atoms with E-state index in [1.54, 1.807) is 20.8 Å². The molecule has 15 heteroatoms. The summed E-state index contributed by atoms with van der Waals surface area (Å²) in [6, 6.07) is -0.948. The third kappa shape index (κ3) is 6.38. The number of nitrogens with zero attached hydrogens (tertiary/aromatic N) is 3. The molecule has 1 saturated heterocycles. The van der Waals surface area contributed by atoms with Crippen LogP contribution in [0.2, 0.25) is 0 Å². The average Bonchev–Trinajstić information content (AvgIpc) is 3.28. The van der Waals surface area contributed by atoms with Crippen molar-refractivity contribution in [2.24, 2.45) is 10.6 Å². The smallest absolute Gasteiger partial charge is 0.358 e. The lowest BCUT2D eigenvalue weighted by Crippen LogP contribution is -2.71. The van der Waals surface area contributed by atoms with Gasteiger partial charge in [0, 0.05) is 16.0 Å². The molecule has 0 spiro atoms. The number of rotatable bonds is 9. The van der Waals surface area contributed by atoms with Crippen LogP contribution in [-0.4, -0.2) is 76.2 Å². The van der Waals surface area contributed by atoms with Crippen LogP contribution in [-0.2, 0) is 33.5 Å². The molecular weight excluding hydrogens is 542 g/mol. The zero-order chi connectivity index (χ0) is 27.3. The van der Waals surface area contributed by atoms with E-state index in [1.165, 1.54) is 40.9 Å². The predicted molar refractivity (Wildman–Crippen MR) is 140 cm³/mol. The fourth-order valence-electron chi connectivity index (χ4n) is 3.14. The van der Waals surface area contributed by atoms with Gasteiger partial charge in [0.15, 0.2) is 10.8 Å². The molecule has 0 radical (unpaired) electrons. The number of oxime groups is 1. The van der Waals surface area contributed by atoms with Crippen molar-refractivity contribution in [2.45, 2.75) is 32.2 Å². The minimum absolute atomic E-state index is 0.00404. The highest BCUT2D eigenvalue weighted by molar-refractivity contribution is 8.06. The maximum atomic E-state index is 13.1. The van der Waals surface area contributed by atoms with Crippen LogP contribution in [0, 0.1) is 17.8 Å². The van der Waals surface area contributed by atoms with Gasteiger partial charge in [0.25, 0.3) is 11.8 Å². The molecule has 198 valence electrons. The number of fused-ring (bicyclic) bond motifs is 1. The second-order valence-electron chi connectivity index (χ2n) is 8.55. The van der Waals surface area contributed by atoms with Gasteiger partial charge in [0.2, 0.25) is 6.79 Å². The van der Waals surface area contributed by atoms with Gasteiger partial charge in [-0.05, 0) is 20.8 Å². The number of terminal acetylenes is 1. The van der Waals surface area contributed by atoms with E-state index in [-0.39, 0.29) is 28.0 Å². The van der Waals surface area contributed by atoms with Gasteiger partial charge in [-0.25, -0.2) is 9.78 Å². The summed E-state index contributed by atoms with van der Waals surface area (Å²) in [5.74, 6) is 0.481. The number of esters is 2. The van der Waals surface area contributed by atoms with Crippen LogP contribution in [0.25, 0.3) is 0 Å². The molecule has 2 amide bonds. The van der Waals surface area contributed by atoms with E-state index in [0.29, 0.717) is 10.7 Å². The molecule has 0 unspecified atom stereocenters. The van der Waals surface area contributed by atoms with Crippen LogP contribution < -0.4 is 11.1 Å². The minimum atomic E-state index is -0.948. The molecule has 3 heterocycles. The van der Waals surface area contributed by atoms with Crippen molar-refractivity contribution in [3.05, 3.63) is 21.7 Å². The number of carbonyl (C=O) groups is 4. The van der Waals surface area contributed by atoms with Gasteiger partial charge in [0.05, 0.1) is 11.2 Å². The van der Waals surface area contributed by atoms with Crippen molar-refractivity contribution in [3.8, 4) is 12.3 Å². The lowest BCUT2D eigenvalue weighted by Gasteiger charge is -2.49. The third-order valence-corrected chi connectivity index (χ3v) is 8.03. The first-order valence-corrected chi connectivity index (χ1v) is 13.6. The summed E-state index contributed by atoms with van der Waals surface area (Å²) in [6.45, 7) is 4.38. The Kier molecular flexibility index (Phi) is 9.11. The lowest BCUT2D eigenvalue weighted by molar-refractivity contribution is -0.173. The van der Waals surface area contributed by atoms with Gasteiger partial charge in [-0.2, -0.15) is 0 Å². The molecule has 37 heavy (non-hydrogen) atoms. The summed E-state index contributed by atoms with van der Waals surface area (Å²) in [5, 5.41) is 7.53. The van der Waals surface area contributed by atoms with Crippen LogP contribution in [0.15, 0.2) is 21.1 Å². The van der Waals surface area contributed by atoms with Crippen LogP contribution in [0.5, 0.6) is 0 Å². The largest absolute Gasteiger partial charge is 0.427 e. The Morgan fingerprint density at radius 1 is 1.38 bits per heavy atom. The molecule has 2 aliphatic rings. The number of aromatic nitrogens is 1. The van der Waals surface area contributed by atoms with E-state index in [0.717, 1.165) is 11.3 Å². The standard InChI is InChI=1S/C22H25N5O7S3/c1-6-7-35-12-9-36-18-14(25-16(28)13(26-32-5)11-8-37-21(23)24-11)17(29)27(18)15(12)19(30)33-10-34-20(31)22(2,3)4/h1,8,14,18H,7,9-10H2,2-5H3,(H2,23,24)(H,25,28)/b26-13-/t14-,18+/m1/s1. The van der Waals surface area contributed by atoms with Crippen molar-refractivity contribution < 1.29 is 33.5 Å². The first kappa shape index (κ1) is 28.4. The highest BCUT2D eigenvalue weighted by atomic mass is 32.2. The Morgan fingerprint density at radius 3 is 2.70 bits per heavy atom. The summed E-state index contributed by atoms with van der Waals surface area (Å²) in [4.78, 5) is 61.6. The van der Waals surface area contributed by atoms with Gasteiger partial charge < -0.3 is 25.4 Å². The predicted octanol–water partition coefficient (Wildman–Crippen LogP) is 1.14. The summed E-state index contributed by atoms with van der Waals surface area (Å²) < 4.78 is 10.2. The van der Waals surface area contributed by atoms with Crippen molar-refractivity contribution in [1.82, 2.24) is 15.2 Å². The van der Waals surface area contributed by atoms with Gasteiger partial charge in [0.1, 0.15) is 29.9 Å². The molecular formula is C22H25N5O7S3. The van der Waals surface area contributed by atoms with Crippen molar-refractivity contribution >= 4 is 69.5 Å². The minimum Gasteiger partial charge on any atom is -0.427 e. The number of hydrogen-bond acceptors (Lipinski definition) is 13. The molecule has 0 bridgehead atoms. The summed E-state index contributed by atoms with van der Waals surface area (Å²) in [6.07, 6.45) is 5.37. The topological polar surface area (TPSA) is 163 Å².